The van der Waals surface area contributed by atoms with Crippen molar-refractivity contribution in [2.24, 2.45) is 5.84 Å². The van der Waals surface area contributed by atoms with Crippen LogP contribution in [0.5, 0.6) is 0 Å². The van der Waals surface area contributed by atoms with E-state index in [-0.39, 0.29) is 11.5 Å². The van der Waals surface area contributed by atoms with E-state index in [2.05, 4.69) is 50.5 Å². The molecule has 2 aromatic rings. The van der Waals surface area contributed by atoms with Crippen LogP contribution in [0.2, 0.25) is 10.0 Å². The normalized spacial score (nSPS) is 13.2. The smallest absolute Gasteiger partial charge is 0.0725 e. The van der Waals surface area contributed by atoms with Crippen molar-refractivity contribution in [3.63, 3.8) is 0 Å². The summed E-state index contributed by atoms with van der Waals surface area (Å²) in [7, 11) is 0. The second-order valence-electron chi connectivity index (χ2n) is 6.11. The van der Waals surface area contributed by atoms with Gasteiger partial charge in [-0.3, -0.25) is 5.84 Å². The summed E-state index contributed by atoms with van der Waals surface area (Å²) in [6.45, 7) is 6.57. The summed E-state index contributed by atoms with van der Waals surface area (Å²) in [6.07, 6.45) is 0. The van der Waals surface area contributed by atoms with Crippen molar-refractivity contribution in [1.82, 2.24) is 5.43 Å². The van der Waals surface area contributed by atoms with Gasteiger partial charge in [-0.05, 0) is 28.2 Å². The van der Waals surface area contributed by atoms with Gasteiger partial charge in [-0.15, -0.1) is 0 Å². The Hall–Kier alpha value is -1.06. The van der Waals surface area contributed by atoms with Gasteiger partial charge in [0.25, 0.3) is 0 Å². The third-order valence-corrected chi connectivity index (χ3v) is 4.40. The lowest BCUT2D eigenvalue weighted by atomic mass is 9.86. The summed E-state index contributed by atoms with van der Waals surface area (Å²) in [5, 5.41) is 1.06. The van der Waals surface area contributed by atoms with Crippen molar-refractivity contribution in [3.8, 4) is 0 Å². The zero-order valence-electron chi connectivity index (χ0n) is 12.5. The molecule has 0 saturated heterocycles. The molecule has 0 radical (unpaired) electrons. The van der Waals surface area contributed by atoms with Crippen LogP contribution < -0.4 is 11.3 Å². The molecule has 0 aliphatic carbocycles. The lowest BCUT2D eigenvalue weighted by molar-refractivity contribution is 0.588. The molecule has 0 aromatic heterocycles. The second-order valence-corrected chi connectivity index (χ2v) is 6.90. The minimum absolute atomic E-state index is 0.123. The number of halogens is 2. The maximum atomic E-state index is 6.29. The van der Waals surface area contributed by atoms with Gasteiger partial charge in [0.2, 0.25) is 0 Å². The number of hydrogen-bond donors (Lipinski definition) is 2. The molecule has 0 heterocycles. The summed E-state index contributed by atoms with van der Waals surface area (Å²) in [6, 6.07) is 13.8. The van der Waals surface area contributed by atoms with Gasteiger partial charge in [-0.1, -0.05) is 80.4 Å². The molecule has 0 amide bonds. The predicted octanol–water partition coefficient (Wildman–Crippen LogP) is 4.84. The summed E-state index contributed by atoms with van der Waals surface area (Å²) < 4.78 is 0. The number of benzene rings is 2. The monoisotopic (exact) mass is 322 g/mol. The summed E-state index contributed by atoms with van der Waals surface area (Å²) >= 11 is 12.4. The number of nitrogens with two attached hydrogens (primary N) is 1. The van der Waals surface area contributed by atoms with Crippen LogP contribution in [0.1, 0.15) is 43.5 Å². The molecule has 0 saturated carbocycles. The third kappa shape index (κ3) is 3.58. The Labute approximate surface area is 136 Å². The number of hydrogen-bond acceptors (Lipinski definition) is 2. The molecule has 0 spiro atoms. The van der Waals surface area contributed by atoms with Crippen LogP contribution in [0.3, 0.4) is 0 Å². The molecule has 4 heteroatoms. The van der Waals surface area contributed by atoms with Crippen molar-refractivity contribution in [1.29, 1.82) is 0 Å². The highest BCUT2D eigenvalue weighted by Crippen LogP contribution is 2.33. The molecule has 2 nitrogen and oxygen atoms in total. The van der Waals surface area contributed by atoms with E-state index in [1.807, 2.05) is 12.1 Å². The van der Waals surface area contributed by atoms with E-state index in [9.17, 15) is 0 Å². The van der Waals surface area contributed by atoms with Crippen LogP contribution in [0, 0.1) is 0 Å². The summed E-state index contributed by atoms with van der Waals surface area (Å²) in [5.74, 6) is 5.73. The molecular formula is C17H20Cl2N2. The maximum Gasteiger partial charge on any atom is 0.0725 e. The van der Waals surface area contributed by atoms with Crippen molar-refractivity contribution < 1.29 is 0 Å². The first-order valence-corrected chi connectivity index (χ1v) is 7.60. The first-order chi connectivity index (χ1) is 9.84. The zero-order chi connectivity index (χ0) is 15.6. The van der Waals surface area contributed by atoms with Gasteiger partial charge in [-0.2, -0.15) is 0 Å². The van der Waals surface area contributed by atoms with Crippen LogP contribution in [-0.2, 0) is 5.41 Å². The Balaban J connectivity index is 2.40. The Bertz CT molecular complexity index is 616. The van der Waals surface area contributed by atoms with Crippen molar-refractivity contribution in [2.45, 2.75) is 32.2 Å². The van der Waals surface area contributed by atoms with E-state index >= 15 is 0 Å². The van der Waals surface area contributed by atoms with Crippen LogP contribution in [0.25, 0.3) is 0 Å². The van der Waals surface area contributed by atoms with E-state index in [4.69, 9.17) is 29.0 Å². The number of rotatable bonds is 3. The highest BCUT2D eigenvalue weighted by atomic mass is 35.5. The average molecular weight is 323 g/mol. The zero-order valence-corrected chi connectivity index (χ0v) is 14.0. The van der Waals surface area contributed by atoms with Crippen LogP contribution in [0.15, 0.2) is 42.5 Å². The lowest BCUT2D eigenvalue weighted by Gasteiger charge is -2.22. The second kappa shape index (κ2) is 6.37. The molecular weight excluding hydrogens is 303 g/mol. The molecule has 1 atom stereocenters. The minimum Gasteiger partial charge on any atom is -0.271 e. The fourth-order valence-corrected chi connectivity index (χ4v) is 2.70. The molecule has 0 aliphatic heterocycles. The van der Waals surface area contributed by atoms with Crippen molar-refractivity contribution in [2.75, 3.05) is 0 Å². The standard InChI is InChI=1S/C17H20Cl2N2/c1-17(2,3)12-9-7-11(8-10-12)16(21-20)13-5-4-6-14(18)15(13)19/h4-10,16,21H,20H2,1-3H3. The lowest BCUT2D eigenvalue weighted by Crippen LogP contribution is -2.29. The van der Waals surface area contributed by atoms with E-state index in [1.54, 1.807) is 6.07 Å². The van der Waals surface area contributed by atoms with E-state index in [0.717, 1.165) is 11.1 Å². The summed E-state index contributed by atoms with van der Waals surface area (Å²) in [5.41, 5.74) is 6.14. The maximum absolute atomic E-state index is 6.29. The van der Waals surface area contributed by atoms with Crippen LogP contribution >= 0.6 is 23.2 Å². The molecule has 0 fully saturated rings. The first kappa shape index (κ1) is 16.3. The molecule has 2 rings (SSSR count). The largest absolute Gasteiger partial charge is 0.271 e. The SMILES string of the molecule is CC(C)(C)c1ccc(C(NN)c2cccc(Cl)c2Cl)cc1. The molecule has 0 aliphatic rings. The van der Waals surface area contributed by atoms with Gasteiger partial charge >= 0.3 is 0 Å². The van der Waals surface area contributed by atoms with E-state index in [0.29, 0.717) is 10.0 Å². The highest BCUT2D eigenvalue weighted by Gasteiger charge is 2.19. The van der Waals surface area contributed by atoms with Gasteiger partial charge in [0.1, 0.15) is 0 Å². The average Bonchev–Trinajstić information content (AvgIpc) is 2.44. The fraction of sp³-hybridized carbons (Fsp3) is 0.294. The van der Waals surface area contributed by atoms with E-state index in [1.165, 1.54) is 5.56 Å². The number of hydrazine groups is 1. The van der Waals surface area contributed by atoms with Gasteiger partial charge in [0, 0.05) is 0 Å². The first-order valence-electron chi connectivity index (χ1n) is 6.85. The third-order valence-electron chi connectivity index (χ3n) is 3.57. The minimum atomic E-state index is -0.190. The molecule has 112 valence electrons. The van der Waals surface area contributed by atoms with Gasteiger partial charge in [0.05, 0.1) is 16.1 Å². The van der Waals surface area contributed by atoms with Gasteiger partial charge < -0.3 is 0 Å². The van der Waals surface area contributed by atoms with Crippen molar-refractivity contribution >= 4 is 23.2 Å². The fourth-order valence-electron chi connectivity index (χ4n) is 2.28. The Morgan fingerprint density at radius 1 is 1.00 bits per heavy atom. The van der Waals surface area contributed by atoms with Gasteiger partial charge in [-0.25, -0.2) is 5.43 Å². The summed E-state index contributed by atoms with van der Waals surface area (Å²) in [4.78, 5) is 0. The number of nitrogens with one attached hydrogen (secondary N) is 1. The Morgan fingerprint density at radius 3 is 2.14 bits per heavy atom. The van der Waals surface area contributed by atoms with Gasteiger partial charge in [0.15, 0.2) is 0 Å². The molecule has 3 N–H and O–H groups in total. The van der Waals surface area contributed by atoms with Crippen LogP contribution in [0.4, 0.5) is 0 Å². The molecule has 2 aromatic carbocycles. The predicted molar refractivity (Wildman–Crippen MR) is 90.8 cm³/mol. The van der Waals surface area contributed by atoms with Crippen LogP contribution in [-0.4, -0.2) is 0 Å². The topological polar surface area (TPSA) is 38.0 Å². The molecule has 1 unspecified atom stereocenters. The Morgan fingerprint density at radius 2 is 1.62 bits per heavy atom. The quantitative estimate of drug-likeness (QED) is 0.626. The highest BCUT2D eigenvalue weighted by molar-refractivity contribution is 6.42. The van der Waals surface area contributed by atoms with Crippen molar-refractivity contribution in [3.05, 3.63) is 69.2 Å². The Kier molecular flexibility index (Phi) is 4.95. The van der Waals surface area contributed by atoms with E-state index < -0.39 is 0 Å². The molecule has 21 heavy (non-hydrogen) atoms. The molecule has 0 bridgehead atoms.